The number of nitrogens with one attached hydrogen (secondary N) is 1. The fourth-order valence-corrected chi connectivity index (χ4v) is 4.50. The smallest absolute Gasteiger partial charge is 0.243 e. The van der Waals surface area contributed by atoms with Crippen molar-refractivity contribution in [3.8, 4) is 0 Å². The summed E-state index contributed by atoms with van der Waals surface area (Å²) in [6, 6.07) is -0.925. The van der Waals surface area contributed by atoms with Crippen molar-refractivity contribution in [3.05, 3.63) is 23.8 Å². The molecule has 33 heavy (non-hydrogen) atoms. The Kier molecular flexibility index (Phi) is 8.26. The Hall–Kier alpha value is -2.71. The summed E-state index contributed by atoms with van der Waals surface area (Å²) in [5.74, 6) is 1.47. The van der Waals surface area contributed by atoms with Crippen LogP contribution in [0.3, 0.4) is 0 Å². The number of amides is 3. The van der Waals surface area contributed by atoms with Crippen LogP contribution in [-0.4, -0.2) is 68.5 Å². The fourth-order valence-electron chi connectivity index (χ4n) is 4.50. The summed E-state index contributed by atoms with van der Waals surface area (Å²) in [5, 5.41) is 7.69. The van der Waals surface area contributed by atoms with E-state index in [1.54, 1.807) is 14.0 Å². The molecule has 1 aliphatic carbocycles. The minimum atomic E-state index is -0.602. The van der Waals surface area contributed by atoms with E-state index in [0.29, 0.717) is 56.5 Å². The number of aromatic nitrogens is 3. The van der Waals surface area contributed by atoms with Gasteiger partial charge in [-0.3, -0.25) is 14.4 Å². The molecule has 2 heterocycles. The van der Waals surface area contributed by atoms with Gasteiger partial charge in [0.15, 0.2) is 0 Å². The molecule has 0 saturated heterocycles. The van der Waals surface area contributed by atoms with Crippen LogP contribution >= 0.6 is 0 Å². The van der Waals surface area contributed by atoms with Gasteiger partial charge in [-0.25, -0.2) is 9.67 Å². The summed E-state index contributed by atoms with van der Waals surface area (Å²) in [6.45, 7) is 9.27. The molecule has 0 saturated carbocycles. The van der Waals surface area contributed by atoms with Gasteiger partial charge in [0, 0.05) is 32.5 Å². The van der Waals surface area contributed by atoms with Crippen molar-refractivity contribution in [2.75, 3.05) is 20.1 Å². The van der Waals surface area contributed by atoms with Crippen molar-refractivity contribution in [1.82, 2.24) is 29.9 Å². The molecule has 3 rings (SSSR count). The number of carbonyl (C=O) groups excluding carboxylic acids is 3. The summed E-state index contributed by atoms with van der Waals surface area (Å²) in [5.41, 5.74) is 0. The maximum absolute atomic E-state index is 13.2. The van der Waals surface area contributed by atoms with Crippen LogP contribution in [0, 0.1) is 18.8 Å². The third-order valence-electron chi connectivity index (χ3n) is 6.56. The first-order chi connectivity index (χ1) is 15.7. The number of hydrogen-bond donors (Lipinski definition) is 1. The third-order valence-corrected chi connectivity index (χ3v) is 6.56. The van der Waals surface area contributed by atoms with Crippen LogP contribution < -0.4 is 5.32 Å². The van der Waals surface area contributed by atoms with E-state index in [4.69, 9.17) is 0 Å². The predicted molar refractivity (Wildman–Crippen MR) is 125 cm³/mol. The third kappa shape index (κ3) is 6.21. The molecule has 182 valence electrons. The van der Waals surface area contributed by atoms with Crippen LogP contribution in [0.25, 0.3) is 0 Å². The van der Waals surface area contributed by atoms with E-state index in [9.17, 15) is 14.4 Å². The minimum absolute atomic E-state index is 0.0211. The Labute approximate surface area is 196 Å². The zero-order valence-corrected chi connectivity index (χ0v) is 20.6. The van der Waals surface area contributed by atoms with Gasteiger partial charge in [-0.15, -0.1) is 0 Å². The second-order valence-corrected chi connectivity index (χ2v) is 9.68. The van der Waals surface area contributed by atoms with Gasteiger partial charge in [-0.05, 0) is 45.4 Å². The highest BCUT2D eigenvalue weighted by Crippen LogP contribution is 2.23. The molecule has 2 atom stereocenters. The molecule has 1 aromatic heterocycles. The maximum Gasteiger partial charge on any atom is 0.243 e. The highest BCUT2D eigenvalue weighted by Gasteiger charge is 2.30. The summed E-state index contributed by atoms with van der Waals surface area (Å²) >= 11 is 0. The van der Waals surface area contributed by atoms with Crippen LogP contribution in [0.5, 0.6) is 0 Å². The van der Waals surface area contributed by atoms with Crippen LogP contribution in [0.4, 0.5) is 0 Å². The molecule has 0 bridgehead atoms. The molecule has 0 spiro atoms. The molecular weight excluding hydrogens is 420 g/mol. The van der Waals surface area contributed by atoms with Gasteiger partial charge in [0.1, 0.15) is 17.7 Å². The molecule has 0 aromatic carbocycles. The summed E-state index contributed by atoms with van der Waals surface area (Å²) in [4.78, 5) is 47.0. The molecule has 1 aromatic rings. The molecule has 2 aliphatic rings. The number of rotatable bonds is 3. The maximum atomic E-state index is 13.2. The average Bonchev–Trinajstić information content (AvgIpc) is 3.42. The van der Waals surface area contributed by atoms with Crippen LogP contribution in [0.15, 0.2) is 12.2 Å². The SMILES string of the molecule is Cc1nc2n(n1)CCN(C(=O)C1CC=CC1)CCCC(=O)N(C)[C@@H](C)C(=O)N[C@@H]2CC(C)C. The number of carbonyl (C=O) groups is 3. The van der Waals surface area contributed by atoms with Crippen molar-refractivity contribution in [2.24, 2.45) is 11.8 Å². The van der Waals surface area contributed by atoms with Crippen molar-refractivity contribution in [1.29, 1.82) is 0 Å². The van der Waals surface area contributed by atoms with Gasteiger partial charge in [0.05, 0.1) is 12.6 Å². The lowest BCUT2D eigenvalue weighted by Gasteiger charge is -2.30. The van der Waals surface area contributed by atoms with E-state index in [0.717, 1.165) is 12.8 Å². The average molecular weight is 459 g/mol. The quantitative estimate of drug-likeness (QED) is 0.700. The van der Waals surface area contributed by atoms with Crippen molar-refractivity contribution < 1.29 is 14.4 Å². The topological polar surface area (TPSA) is 100 Å². The normalized spacial score (nSPS) is 23.6. The van der Waals surface area contributed by atoms with Gasteiger partial charge >= 0.3 is 0 Å². The van der Waals surface area contributed by atoms with Gasteiger partial charge < -0.3 is 15.1 Å². The Morgan fingerprint density at radius 1 is 1.18 bits per heavy atom. The lowest BCUT2D eigenvalue weighted by molar-refractivity contribution is -0.139. The van der Waals surface area contributed by atoms with Gasteiger partial charge in [-0.1, -0.05) is 26.0 Å². The molecule has 9 nitrogen and oxygen atoms in total. The summed E-state index contributed by atoms with van der Waals surface area (Å²) in [6.07, 6.45) is 7.21. The molecule has 1 aliphatic heterocycles. The standard InChI is InChI=1S/C24H38N6O3/c1-16(2)15-20-22-25-18(4)27-30(22)14-13-29(24(33)19-9-6-7-10-19)12-8-11-21(31)28(5)17(3)23(32)26-20/h6-7,16-17,19-20H,8-15H2,1-5H3,(H,26,32)/t17-,20+/m0/s1. The number of likely N-dealkylation sites (N-methyl/N-ethyl adjacent to an activating group) is 1. The van der Waals surface area contributed by atoms with E-state index in [2.05, 4.69) is 41.4 Å². The van der Waals surface area contributed by atoms with Gasteiger partial charge in [0.2, 0.25) is 17.7 Å². The number of fused-ring (bicyclic) bond motifs is 1. The Morgan fingerprint density at radius 3 is 2.55 bits per heavy atom. The number of nitrogens with zero attached hydrogens (tertiary/aromatic N) is 5. The second-order valence-electron chi connectivity index (χ2n) is 9.68. The number of allylic oxidation sites excluding steroid dienone is 2. The van der Waals surface area contributed by atoms with Crippen LogP contribution in [0.2, 0.25) is 0 Å². The first-order valence-corrected chi connectivity index (χ1v) is 12.1. The molecule has 0 radical (unpaired) electrons. The largest absolute Gasteiger partial charge is 0.344 e. The van der Waals surface area contributed by atoms with E-state index < -0.39 is 6.04 Å². The summed E-state index contributed by atoms with van der Waals surface area (Å²) in [7, 11) is 1.66. The Balaban J connectivity index is 1.91. The zero-order valence-electron chi connectivity index (χ0n) is 20.6. The van der Waals surface area contributed by atoms with Crippen LogP contribution in [-0.2, 0) is 20.9 Å². The van der Waals surface area contributed by atoms with Crippen molar-refractivity contribution >= 4 is 17.7 Å². The van der Waals surface area contributed by atoms with Gasteiger partial charge in [-0.2, -0.15) is 5.10 Å². The van der Waals surface area contributed by atoms with Gasteiger partial charge in [0.25, 0.3) is 0 Å². The molecule has 3 amide bonds. The lowest BCUT2D eigenvalue weighted by Crippen LogP contribution is -2.48. The number of aryl methyl sites for hydroxylation is 1. The second kappa shape index (κ2) is 10.9. The molecule has 9 heteroatoms. The van der Waals surface area contributed by atoms with Crippen molar-refractivity contribution in [2.45, 2.75) is 78.4 Å². The van der Waals surface area contributed by atoms with Crippen molar-refractivity contribution in [3.63, 3.8) is 0 Å². The molecule has 0 fully saturated rings. The van der Waals surface area contributed by atoms with Crippen LogP contribution in [0.1, 0.15) is 70.6 Å². The molecular formula is C24H38N6O3. The van der Waals surface area contributed by atoms with E-state index >= 15 is 0 Å². The first kappa shape index (κ1) is 24.9. The van der Waals surface area contributed by atoms with E-state index in [1.807, 2.05) is 16.5 Å². The summed E-state index contributed by atoms with van der Waals surface area (Å²) < 4.78 is 1.83. The first-order valence-electron chi connectivity index (χ1n) is 12.1. The number of hydrogen-bond acceptors (Lipinski definition) is 5. The Morgan fingerprint density at radius 2 is 1.88 bits per heavy atom. The molecule has 0 unspecified atom stereocenters. The highest BCUT2D eigenvalue weighted by atomic mass is 16.2. The lowest BCUT2D eigenvalue weighted by atomic mass is 10.0. The van der Waals surface area contributed by atoms with E-state index in [-0.39, 0.29) is 29.7 Å². The Bertz CT molecular complexity index is 885. The monoisotopic (exact) mass is 458 g/mol. The minimum Gasteiger partial charge on any atom is -0.344 e. The predicted octanol–water partition coefficient (Wildman–Crippen LogP) is 2.23. The zero-order chi connectivity index (χ0) is 24.1. The highest BCUT2D eigenvalue weighted by molar-refractivity contribution is 5.87. The molecule has 1 N–H and O–H groups in total. The fraction of sp³-hybridized carbons (Fsp3) is 0.708. The van der Waals surface area contributed by atoms with E-state index in [1.165, 1.54) is 4.90 Å².